The van der Waals surface area contributed by atoms with E-state index in [2.05, 4.69) is 17.9 Å². The second-order valence-electron chi connectivity index (χ2n) is 3.94. The maximum atomic E-state index is 5.23. The van der Waals surface area contributed by atoms with Gasteiger partial charge >= 0.3 is 0 Å². The molecule has 0 spiro atoms. The van der Waals surface area contributed by atoms with Gasteiger partial charge in [-0.25, -0.2) is 0 Å². The molecule has 0 atom stereocenters. The molecule has 0 saturated heterocycles. The Labute approximate surface area is 81.2 Å². The quantitative estimate of drug-likeness (QED) is 0.561. The highest BCUT2D eigenvalue weighted by molar-refractivity contribution is 5.32. The van der Waals surface area contributed by atoms with Crippen LogP contribution in [0.25, 0.3) is 0 Å². The molecule has 0 amide bonds. The van der Waals surface area contributed by atoms with Gasteiger partial charge < -0.3 is 4.74 Å². The van der Waals surface area contributed by atoms with E-state index in [9.17, 15) is 0 Å². The van der Waals surface area contributed by atoms with E-state index in [-0.39, 0.29) is 5.60 Å². The van der Waals surface area contributed by atoms with Crippen molar-refractivity contribution in [3.8, 4) is 11.8 Å². The molecule has 0 heterocycles. The van der Waals surface area contributed by atoms with Gasteiger partial charge in [-0.05, 0) is 45.1 Å². The van der Waals surface area contributed by atoms with Crippen LogP contribution in [-0.2, 0) is 4.74 Å². The van der Waals surface area contributed by atoms with Gasteiger partial charge in [-0.15, -0.1) is 0 Å². The Kier molecular flexibility index (Phi) is 3.57. The topological polar surface area (TPSA) is 9.23 Å². The molecule has 0 saturated carbocycles. The van der Waals surface area contributed by atoms with Crippen molar-refractivity contribution in [2.75, 3.05) is 7.11 Å². The van der Waals surface area contributed by atoms with Gasteiger partial charge in [0.1, 0.15) is 5.60 Å². The van der Waals surface area contributed by atoms with Crippen molar-refractivity contribution in [1.29, 1.82) is 0 Å². The summed E-state index contributed by atoms with van der Waals surface area (Å²) in [6.07, 6.45) is 7.19. The van der Waals surface area contributed by atoms with Crippen molar-refractivity contribution in [3.05, 3.63) is 11.6 Å². The van der Waals surface area contributed by atoms with Crippen molar-refractivity contribution in [2.45, 2.75) is 45.1 Å². The second kappa shape index (κ2) is 4.48. The first-order valence-corrected chi connectivity index (χ1v) is 4.91. The zero-order valence-corrected chi connectivity index (χ0v) is 8.81. The Balaban J connectivity index is 2.60. The van der Waals surface area contributed by atoms with Crippen molar-refractivity contribution in [1.82, 2.24) is 0 Å². The summed E-state index contributed by atoms with van der Waals surface area (Å²) >= 11 is 0. The van der Waals surface area contributed by atoms with E-state index < -0.39 is 0 Å². The molecule has 0 aromatic rings. The molecule has 72 valence electrons. The lowest BCUT2D eigenvalue weighted by Gasteiger charge is -2.15. The van der Waals surface area contributed by atoms with E-state index in [1.165, 1.54) is 24.8 Å². The van der Waals surface area contributed by atoms with E-state index >= 15 is 0 Å². The number of hydrogen-bond acceptors (Lipinski definition) is 1. The fourth-order valence-corrected chi connectivity index (χ4v) is 1.23. The van der Waals surface area contributed by atoms with Crippen LogP contribution in [0.4, 0.5) is 0 Å². The number of allylic oxidation sites excluding steroid dienone is 2. The summed E-state index contributed by atoms with van der Waals surface area (Å²) in [4.78, 5) is 0. The monoisotopic (exact) mass is 178 g/mol. The number of ether oxygens (including phenoxy) is 1. The van der Waals surface area contributed by atoms with Gasteiger partial charge in [0.05, 0.1) is 0 Å². The minimum absolute atomic E-state index is 0.307. The van der Waals surface area contributed by atoms with Crippen LogP contribution in [0.15, 0.2) is 11.6 Å². The van der Waals surface area contributed by atoms with Crippen LogP contribution < -0.4 is 0 Å². The van der Waals surface area contributed by atoms with Gasteiger partial charge in [0.25, 0.3) is 0 Å². The smallest absolute Gasteiger partial charge is 0.123 e. The third-order valence-corrected chi connectivity index (χ3v) is 2.33. The van der Waals surface area contributed by atoms with Crippen LogP contribution in [0.5, 0.6) is 0 Å². The van der Waals surface area contributed by atoms with Gasteiger partial charge in [-0.2, -0.15) is 0 Å². The van der Waals surface area contributed by atoms with Crippen molar-refractivity contribution >= 4 is 0 Å². The molecule has 1 aliphatic carbocycles. The minimum Gasteiger partial charge on any atom is -0.366 e. The highest BCUT2D eigenvalue weighted by Gasteiger charge is 2.11. The van der Waals surface area contributed by atoms with Gasteiger partial charge in [0.2, 0.25) is 0 Å². The highest BCUT2D eigenvalue weighted by atomic mass is 16.5. The number of methoxy groups -OCH3 is 1. The third kappa shape index (κ3) is 3.65. The van der Waals surface area contributed by atoms with Gasteiger partial charge in [-0.3, -0.25) is 0 Å². The predicted octanol–water partition coefficient (Wildman–Crippen LogP) is 2.92. The van der Waals surface area contributed by atoms with Crippen LogP contribution in [0.2, 0.25) is 0 Å². The Bertz CT molecular complexity index is 250. The predicted molar refractivity (Wildman–Crippen MR) is 55.4 cm³/mol. The summed E-state index contributed by atoms with van der Waals surface area (Å²) in [5.41, 5.74) is 0.981. The minimum atomic E-state index is -0.307. The Morgan fingerprint density at radius 1 is 1.38 bits per heavy atom. The Hall–Kier alpha value is -0.740. The molecule has 0 unspecified atom stereocenters. The van der Waals surface area contributed by atoms with Gasteiger partial charge in [-0.1, -0.05) is 17.9 Å². The molecule has 0 aromatic carbocycles. The molecule has 0 bridgehead atoms. The maximum absolute atomic E-state index is 5.23. The summed E-state index contributed by atoms with van der Waals surface area (Å²) < 4.78 is 5.23. The second-order valence-corrected chi connectivity index (χ2v) is 3.94. The van der Waals surface area contributed by atoms with Gasteiger partial charge in [0, 0.05) is 7.11 Å². The average molecular weight is 178 g/mol. The summed E-state index contributed by atoms with van der Waals surface area (Å²) in [5.74, 6) is 6.34. The fraction of sp³-hybridized carbons (Fsp3) is 0.667. The number of rotatable bonds is 1. The van der Waals surface area contributed by atoms with Crippen molar-refractivity contribution < 1.29 is 4.74 Å². The summed E-state index contributed by atoms with van der Waals surface area (Å²) in [6.45, 7) is 3.98. The standard InChI is InChI=1S/C12H18O/c1-12(2,13-3)10-9-11-7-5-4-6-8-11/h7H,4-6,8H2,1-3H3. The molecular formula is C12H18O. The fourth-order valence-electron chi connectivity index (χ4n) is 1.23. The average Bonchev–Trinajstić information content (AvgIpc) is 2.17. The molecule has 0 radical (unpaired) electrons. The molecule has 0 fully saturated rings. The lowest BCUT2D eigenvalue weighted by molar-refractivity contribution is 0.0741. The summed E-state index contributed by atoms with van der Waals surface area (Å²) in [5, 5.41) is 0. The van der Waals surface area contributed by atoms with Crippen molar-refractivity contribution in [2.24, 2.45) is 0 Å². The lowest BCUT2D eigenvalue weighted by atomic mass is 9.99. The number of hydrogen-bond donors (Lipinski definition) is 0. The zero-order valence-electron chi connectivity index (χ0n) is 8.81. The summed E-state index contributed by atoms with van der Waals surface area (Å²) in [6, 6.07) is 0. The van der Waals surface area contributed by atoms with Crippen LogP contribution in [0, 0.1) is 11.8 Å². The van der Waals surface area contributed by atoms with Crippen molar-refractivity contribution in [3.63, 3.8) is 0 Å². The molecule has 0 aliphatic heterocycles. The van der Waals surface area contributed by atoms with E-state index in [4.69, 9.17) is 4.74 Å². The molecule has 1 rings (SSSR count). The summed E-state index contributed by atoms with van der Waals surface area (Å²) in [7, 11) is 1.70. The van der Waals surface area contributed by atoms with Crippen LogP contribution >= 0.6 is 0 Å². The first kappa shape index (κ1) is 10.3. The van der Waals surface area contributed by atoms with E-state index in [0.29, 0.717) is 0 Å². The van der Waals surface area contributed by atoms with Crippen LogP contribution in [-0.4, -0.2) is 12.7 Å². The molecule has 1 nitrogen and oxygen atoms in total. The third-order valence-electron chi connectivity index (χ3n) is 2.33. The SMILES string of the molecule is COC(C)(C)C#CC1=CCCCC1. The highest BCUT2D eigenvalue weighted by Crippen LogP contribution is 2.16. The first-order chi connectivity index (χ1) is 6.14. The normalized spacial score (nSPS) is 17.3. The van der Waals surface area contributed by atoms with Gasteiger partial charge in [0.15, 0.2) is 0 Å². The zero-order chi connectivity index (χ0) is 9.73. The molecule has 1 heteroatoms. The van der Waals surface area contributed by atoms with E-state index in [1.807, 2.05) is 13.8 Å². The lowest BCUT2D eigenvalue weighted by Crippen LogP contribution is -2.19. The van der Waals surface area contributed by atoms with E-state index in [1.54, 1.807) is 7.11 Å². The Morgan fingerprint density at radius 3 is 2.69 bits per heavy atom. The Morgan fingerprint density at radius 2 is 2.15 bits per heavy atom. The van der Waals surface area contributed by atoms with Crippen LogP contribution in [0.1, 0.15) is 39.5 Å². The maximum Gasteiger partial charge on any atom is 0.123 e. The van der Waals surface area contributed by atoms with Crippen LogP contribution in [0.3, 0.4) is 0 Å². The molecule has 0 aromatic heterocycles. The largest absolute Gasteiger partial charge is 0.366 e. The first-order valence-electron chi connectivity index (χ1n) is 4.91. The molecule has 13 heavy (non-hydrogen) atoms. The molecule has 0 N–H and O–H groups in total. The molecular weight excluding hydrogens is 160 g/mol. The van der Waals surface area contributed by atoms with E-state index in [0.717, 1.165) is 6.42 Å². The molecule has 1 aliphatic rings.